The molecule has 0 radical (unpaired) electrons. The summed E-state index contributed by atoms with van der Waals surface area (Å²) in [5, 5.41) is 0. The van der Waals surface area contributed by atoms with E-state index >= 15 is 0 Å². The van der Waals surface area contributed by atoms with Crippen LogP contribution in [0.2, 0.25) is 0 Å². The maximum Gasteiger partial charge on any atom is 0.169 e. The highest BCUT2D eigenvalue weighted by atomic mass is 79.9. The quantitative estimate of drug-likeness (QED) is 0.0484. The molecule has 0 bridgehead atoms. The van der Waals surface area contributed by atoms with E-state index in [-0.39, 0.29) is 17.0 Å². The highest BCUT2D eigenvalue weighted by molar-refractivity contribution is 5.69. The molecule has 0 aliphatic heterocycles. The first kappa shape index (κ1) is 50.4. The van der Waals surface area contributed by atoms with Crippen LogP contribution >= 0.6 is 0 Å². The minimum Gasteiger partial charge on any atom is -1.00 e. The number of aromatic nitrogens is 1. The van der Waals surface area contributed by atoms with E-state index in [0.717, 1.165) is 25.3 Å². The molecule has 0 unspecified atom stereocenters. The van der Waals surface area contributed by atoms with Crippen LogP contribution in [0.25, 0.3) is 12.2 Å². The number of pyridine rings is 1. The average Bonchev–Trinajstić information content (AvgIpc) is 3.18. The van der Waals surface area contributed by atoms with Gasteiger partial charge in [0.15, 0.2) is 12.4 Å². The van der Waals surface area contributed by atoms with E-state index in [2.05, 4.69) is 79.4 Å². The van der Waals surface area contributed by atoms with E-state index in [1.54, 1.807) is 0 Å². The summed E-state index contributed by atoms with van der Waals surface area (Å²) in [6.07, 6.45) is 57.1. The van der Waals surface area contributed by atoms with Gasteiger partial charge in [0.2, 0.25) is 0 Å². The molecule has 2 rings (SSSR count). The van der Waals surface area contributed by atoms with Gasteiger partial charge in [0.1, 0.15) is 12.3 Å². The van der Waals surface area contributed by atoms with Crippen molar-refractivity contribution in [3.63, 3.8) is 0 Å². The van der Waals surface area contributed by atoms with Crippen LogP contribution in [-0.4, -0.2) is 6.61 Å². The smallest absolute Gasteiger partial charge is 0.169 e. The number of aryl methyl sites for hydroxylation is 1. The summed E-state index contributed by atoms with van der Waals surface area (Å²) in [7, 11) is 0. The first-order valence-corrected chi connectivity index (χ1v) is 23.7. The third kappa shape index (κ3) is 31.6. The third-order valence-electron chi connectivity index (χ3n) is 11.3. The Morgan fingerprint density at radius 2 is 0.667 bits per heavy atom. The number of unbranched alkanes of at least 4 members (excludes halogenated alkanes) is 32. The Morgan fingerprint density at radius 3 is 1.02 bits per heavy atom. The molecule has 1 aromatic heterocycles. The summed E-state index contributed by atoms with van der Waals surface area (Å²) >= 11 is 0. The Bertz CT molecular complexity index is 1050. The van der Waals surface area contributed by atoms with Crippen LogP contribution in [0.15, 0.2) is 48.8 Å². The lowest BCUT2D eigenvalue weighted by Gasteiger charge is -2.07. The molecule has 0 amide bonds. The van der Waals surface area contributed by atoms with Crippen molar-refractivity contribution >= 4 is 12.2 Å². The molecule has 0 spiro atoms. The molecule has 54 heavy (non-hydrogen) atoms. The first-order chi connectivity index (χ1) is 26.3. The van der Waals surface area contributed by atoms with Crippen molar-refractivity contribution in [1.29, 1.82) is 0 Å². The Hall–Kier alpha value is -1.61. The molecule has 0 atom stereocenters. The summed E-state index contributed by atoms with van der Waals surface area (Å²) in [6, 6.07) is 13.0. The van der Waals surface area contributed by atoms with Crippen LogP contribution < -0.4 is 26.3 Å². The van der Waals surface area contributed by atoms with Crippen LogP contribution in [0.4, 0.5) is 0 Å². The molecule has 1 heterocycles. The molecule has 2 nitrogen and oxygen atoms in total. The lowest BCUT2D eigenvalue weighted by Crippen LogP contribution is -3.00. The number of hydrogen-bond acceptors (Lipinski definition) is 1. The topological polar surface area (TPSA) is 13.1 Å². The predicted octanol–water partition coefficient (Wildman–Crippen LogP) is 13.8. The number of rotatable bonds is 39. The SMILES string of the molecule is CCCCCCCCCCCCCCCCCCCCCCOc1ccc(/C=C/c2cc[n+](CCCCCCCCCCCCCCCC)cc2)cc1.[Br-]. The van der Waals surface area contributed by atoms with Crippen molar-refractivity contribution in [2.75, 3.05) is 6.61 Å². The lowest BCUT2D eigenvalue weighted by molar-refractivity contribution is -0.697. The summed E-state index contributed by atoms with van der Waals surface area (Å²) < 4.78 is 8.38. The van der Waals surface area contributed by atoms with Crippen LogP contribution in [-0.2, 0) is 6.54 Å². The zero-order valence-corrected chi connectivity index (χ0v) is 37.5. The standard InChI is InChI=1S/C51H88NO.BrH/c1-3-5-7-9-11-13-15-17-19-20-21-22-23-24-26-28-30-32-34-36-48-53-51-41-39-49(40-42-51)37-38-50-43-46-52(47-44-50)45-35-33-31-29-27-25-18-16-14-12-10-8-6-4-2;/h37-44,46-47H,3-36,45,48H2,1-2H3;1H/q+1;/p-1/b38-37+;. The molecule has 0 fully saturated rings. The Kier molecular flexibility index (Phi) is 37.0. The lowest BCUT2D eigenvalue weighted by atomic mass is 10.0. The van der Waals surface area contributed by atoms with Gasteiger partial charge in [0.25, 0.3) is 0 Å². The molecule has 3 heteroatoms. The summed E-state index contributed by atoms with van der Waals surface area (Å²) in [4.78, 5) is 0. The van der Waals surface area contributed by atoms with Gasteiger partial charge in [-0.3, -0.25) is 0 Å². The fourth-order valence-corrected chi connectivity index (χ4v) is 7.63. The van der Waals surface area contributed by atoms with Crippen molar-refractivity contribution in [2.24, 2.45) is 0 Å². The van der Waals surface area contributed by atoms with Gasteiger partial charge < -0.3 is 21.7 Å². The van der Waals surface area contributed by atoms with Crippen molar-refractivity contribution in [3.05, 3.63) is 59.9 Å². The second-order valence-electron chi connectivity index (χ2n) is 16.4. The first-order valence-electron chi connectivity index (χ1n) is 23.7. The average molecular weight is 811 g/mol. The Morgan fingerprint density at radius 1 is 0.370 bits per heavy atom. The largest absolute Gasteiger partial charge is 1.00 e. The minimum absolute atomic E-state index is 0. The summed E-state index contributed by atoms with van der Waals surface area (Å²) in [5.41, 5.74) is 2.47. The summed E-state index contributed by atoms with van der Waals surface area (Å²) in [6.45, 7) is 6.56. The molecule has 0 aliphatic rings. The number of halogens is 1. The van der Waals surface area contributed by atoms with E-state index in [1.165, 1.54) is 223 Å². The highest BCUT2D eigenvalue weighted by Crippen LogP contribution is 2.18. The number of ether oxygens (including phenoxy) is 1. The Labute approximate surface area is 347 Å². The molecule has 0 saturated carbocycles. The van der Waals surface area contributed by atoms with Gasteiger partial charge in [-0.2, -0.15) is 0 Å². The minimum atomic E-state index is 0. The molecule has 310 valence electrons. The molecular weight excluding hydrogens is 722 g/mol. The van der Waals surface area contributed by atoms with Crippen molar-refractivity contribution in [2.45, 2.75) is 239 Å². The van der Waals surface area contributed by atoms with E-state index in [0.29, 0.717) is 0 Å². The van der Waals surface area contributed by atoms with Crippen molar-refractivity contribution < 1.29 is 26.3 Å². The van der Waals surface area contributed by atoms with Crippen LogP contribution in [0.3, 0.4) is 0 Å². The number of benzene rings is 1. The van der Waals surface area contributed by atoms with Crippen molar-refractivity contribution in [1.82, 2.24) is 0 Å². The van der Waals surface area contributed by atoms with Gasteiger partial charge in [-0.15, -0.1) is 0 Å². The molecule has 0 saturated heterocycles. The normalized spacial score (nSPS) is 11.4. The monoisotopic (exact) mass is 810 g/mol. The second kappa shape index (κ2) is 39.6. The summed E-state index contributed by atoms with van der Waals surface area (Å²) in [5.74, 6) is 0.990. The van der Waals surface area contributed by atoms with Crippen molar-refractivity contribution in [3.8, 4) is 5.75 Å². The maximum atomic E-state index is 6.04. The molecular formula is C51H88BrNO. The van der Waals surface area contributed by atoms with E-state index in [1.807, 2.05) is 0 Å². The third-order valence-corrected chi connectivity index (χ3v) is 11.3. The van der Waals surface area contributed by atoms with Gasteiger partial charge in [0, 0.05) is 18.6 Å². The molecule has 0 N–H and O–H groups in total. The number of nitrogens with zero attached hydrogens (tertiary/aromatic N) is 1. The van der Waals surface area contributed by atoms with E-state index in [4.69, 9.17) is 4.74 Å². The zero-order chi connectivity index (χ0) is 37.5. The number of hydrogen-bond donors (Lipinski definition) is 0. The van der Waals surface area contributed by atoms with Gasteiger partial charge in [-0.25, -0.2) is 4.57 Å². The second-order valence-corrected chi connectivity index (χ2v) is 16.4. The van der Waals surface area contributed by atoms with Gasteiger partial charge in [-0.1, -0.05) is 237 Å². The fraction of sp³-hybridized carbons (Fsp3) is 0.745. The molecule has 1 aromatic carbocycles. The van der Waals surface area contributed by atoms with Gasteiger partial charge >= 0.3 is 0 Å². The van der Waals surface area contributed by atoms with Gasteiger partial charge in [-0.05, 0) is 36.1 Å². The van der Waals surface area contributed by atoms with Gasteiger partial charge in [0.05, 0.1) is 6.61 Å². The van der Waals surface area contributed by atoms with Crippen LogP contribution in [0.1, 0.15) is 243 Å². The maximum absolute atomic E-state index is 6.04. The van der Waals surface area contributed by atoms with Crippen LogP contribution in [0.5, 0.6) is 5.75 Å². The molecule has 0 aliphatic carbocycles. The zero-order valence-electron chi connectivity index (χ0n) is 36.0. The predicted molar refractivity (Wildman–Crippen MR) is 236 cm³/mol. The van der Waals surface area contributed by atoms with E-state index in [9.17, 15) is 0 Å². The van der Waals surface area contributed by atoms with E-state index < -0.39 is 0 Å². The fourth-order valence-electron chi connectivity index (χ4n) is 7.63. The molecule has 2 aromatic rings. The van der Waals surface area contributed by atoms with Crippen LogP contribution in [0, 0.1) is 0 Å². The highest BCUT2D eigenvalue weighted by Gasteiger charge is 2.02. The Balaban J connectivity index is 0.0000146.